The van der Waals surface area contributed by atoms with Gasteiger partial charge in [0.2, 0.25) is 5.91 Å². The van der Waals surface area contributed by atoms with Crippen molar-refractivity contribution in [3.8, 4) is 11.5 Å². The zero-order valence-electron chi connectivity index (χ0n) is 15.3. The summed E-state index contributed by atoms with van der Waals surface area (Å²) in [6.45, 7) is 3.95. The van der Waals surface area contributed by atoms with Gasteiger partial charge in [-0.15, -0.1) is 0 Å². The predicted octanol–water partition coefficient (Wildman–Crippen LogP) is 3.06. The van der Waals surface area contributed by atoms with Crippen molar-refractivity contribution >= 4 is 23.2 Å². The van der Waals surface area contributed by atoms with Gasteiger partial charge in [0, 0.05) is 11.8 Å². The van der Waals surface area contributed by atoms with Crippen LogP contribution in [0.2, 0.25) is 0 Å². The molecule has 6 nitrogen and oxygen atoms in total. The largest absolute Gasteiger partial charge is 0.497 e. The zero-order valence-corrected chi connectivity index (χ0v) is 15.3. The van der Waals surface area contributed by atoms with Crippen LogP contribution in [0.1, 0.15) is 17.5 Å². The molecule has 2 aromatic rings. The number of ether oxygens (including phenoxy) is 2. The van der Waals surface area contributed by atoms with Gasteiger partial charge in [-0.2, -0.15) is 0 Å². The summed E-state index contributed by atoms with van der Waals surface area (Å²) >= 11 is 0. The number of aryl methyl sites for hydroxylation is 2. The molecule has 6 heteroatoms. The van der Waals surface area contributed by atoms with Crippen molar-refractivity contribution in [3.05, 3.63) is 47.5 Å². The van der Waals surface area contributed by atoms with Gasteiger partial charge in [-0.05, 0) is 43.2 Å². The van der Waals surface area contributed by atoms with Crippen LogP contribution in [0, 0.1) is 13.8 Å². The molecular weight excluding hydrogens is 332 g/mol. The maximum absolute atomic E-state index is 12.9. The average Bonchev–Trinajstić information content (AvgIpc) is 2.91. The van der Waals surface area contributed by atoms with Gasteiger partial charge in [0.25, 0.3) is 5.91 Å². The number of amides is 2. The van der Waals surface area contributed by atoms with Gasteiger partial charge >= 0.3 is 0 Å². The minimum Gasteiger partial charge on any atom is -0.497 e. The third kappa shape index (κ3) is 3.22. The van der Waals surface area contributed by atoms with E-state index in [9.17, 15) is 9.59 Å². The summed E-state index contributed by atoms with van der Waals surface area (Å²) in [5.74, 6) is 0.453. The van der Waals surface area contributed by atoms with E-state index in [1.54, 1.807) is 25.3 Å². The Hall–Kier alpha value is -3.02. The third-order valence-corrected chi connectivity index (χ3v) is 4.50. The molecule has 1 fully saturated rings. The van der Waals surface area contributed by atoms with E-state index in [2.05, 4.69) is 5.32 Å². The topological polar surface area (TPSA) is 67.9 Å². The molecule has 0 bridgehead atoms. The molecule has 0 aromatic heterocycles. The second-order valence-electron chi connectivity index (χ2n) is 6.32. The van der Waals surface area contributed by atoms with Crippen molar-refractivity contribution in [2.24, 2.45) is 0 Å². The minimum absolute atomic E-state index is 0.0986. The molecule has 0 saturated carbocycles. The van der Waals surface area contributed by atoms with Crippen LogP contribution >= 0.6 is 0 Å². The Morgan fingerprint density at radius 1 is 1.04 bits per heavy atom. The Balaban J connectivity index is 1.89. The molecule has 0 spiro atoms. The molecule has 26 heavy (non-hydrogen) atoms. The number of benzene rings is 2. The number of hydrogen-bond acceptors (Lipinski definition) is 5. The number of methoxy groups -OCH3 is 2. The van der Waals surface area contributed by atoms with Gasteiger partial charge in [-0.3, -0.25) is 9.59 Å². The molecule has 1 atom stereocenters. The monoisotopic (exact) mass is 354 g/mol. The average molecular weight is 354 g/mol. The zero-order chi connectivity index (χ0) is 18.8. The van der Waals surface area contributed by atoms with E-state index >= 15 is 0 Å². The molecule has 136 valence electrons. The first kappa shape index (κ1) is 17.8. The van der Waals surface area contributed by atoms with Gasteiger partial charge < -0.3 is 14.8 Å². The highest BCUT2D eigenvalue weighted by molar-refractivity contribution is 6.23. The summed E-state index contributed by atoms with van der Waals surface area (Å²) in [6, 6.07) is 10.4. The second-order valence-corrected chi connectivity index (χ2v) is 6.32. The highest BCUT2D eigenvalue weighted by Crippen LogP contribution is 2.35. The van der Waals surface area contributed by atoms with E-state index in [0.29, 0.717) is 17.2 Å². The summed E-state index contributed by atoms with van der Waals surface area (Å²) in [7, 11) is 3.04. The quantitative estimate of drug-likeness (QED) is 0.836. The van der Waals surface area contributed by atoms with Crippen LogP contribution in [0.5, 0.6) is 11.5 Å². The molecule has 1 N–H and O–H groups in total. The van der Waals surface area contributed by atoms with Crippen molar-refractivity contribution in [2.75, 3.05) is 24.4 Å². The lowest BCUT2D eigenvalue weighted by atomic mass is 10.1. The normalized spacial score (nSPS) is 16.8. The number of carbonyl (C=O) groups is 2. The number of imide groups is 1. The maximum atomic E-state index is 12.9. The van der Waals surface area contributed by atoms with Crippen LogP contribution in [0.25, 0.3) is 0 Å². The van der Waals surface area contributed by atoms with E-state index in [0.717, 1.165) is 16.8 Å². The van der Waals surface area contributed by atoms with Crippen molar-refractivity contribution < 1.29 is 19.1 Å². The molecule has 3 rings (SSSR count). The third-order valence-electron chi connectivity index (χ3n) is 4.50. The Kier molecular flexibility index (Phi) is 4.84. The smallest absolute Gasteiger partial charge is 0.256 e. The molecule has 1 saturated heterocycles. The number of nitrogens with zero attached hydrogens (tertiary/aromatic N) is 1. The molecule has 0 aliphatic carbocycles. The van der Waals surface area contributed by atoms with Gasteiger partial charge in [-0.1, -0.05) is 12.1 Å². The van der Waals surface area contributed by atoms with Crippen LogP contribution in [0.15, 0.2) is 36.4 Å². The van der Waals surface area contributed by atoms with E-state index in [1.165, 1.54) is 12.0 Å². The molecule has 2 amide bonds. The number of hydrogen-bond donors (Lipinski definition) is 1. The summed E-state index contributed by atoms with van der Waals surface area (Å²) in [5.41, 5.74) is 3.40. The SMILES string of the molecule is COc1ccc(N2C(=O)C[C@H](Nc3cc(C)ccc3C)C2=O)c(OC)c1. The van der Waals surface area contributed by atoms with Crippen LogP contribution in [0.3, 0.4) is 0 Å². The first-order valence-corrected chi connectivity index (χ1v) is 8.37. The van der Waals surface area contributed by atoms with E-state index < -0.39 is 6.04 Å². The fourth-order valence-electron chi connectivity index (χ4n) is 3.05. The molecule has 0 radical (unpaired) electrons. The minimum atomic E-state index is -0.602. The van der Waals surface area contributed by atoms with Crippen molar-refractivity contribution in [1.29, 1.82) is 0 Å². The Labute approximate surface area is 152 Å². The molecule has 1 heterocycles. The highest BCUT2D eigenvalue weighted by atomic mass is 16.5. The summed E-state index contributed by atoms with van der Waals surface area (Å²) < 4.78 is 10.5. The van der Waals surface area contributed by atoms with E-state index in [-0.39, 0.29) is 18.2 Å². The molecule has 0 unspecified atom stereocenters. The van der Waals surface area contributed by atoms with Crippen molar-refractivity contribution in [3.63, 3.8) is 0 Å². The van der Waals surface area contributed by atoms with Crippen molar-refractivity contribution in [2.45, 2.75) is 26.3 Å². The standard InChI is InChI=1S/C20H22N2O4/c1-12-5-6-13(2)15(9-12)21-16-11-19(23)22(20(16)24)17-8-7-14(25-3)10-18(17)26-4/h5-10,16,21H,11H2,1-4H3/t16-/m0/s1. The highest BCUT2D eigenvalue weighted by Gasteiger charge is 2.41. The number of anilines is 2. The van der Waals surface area contributed by atoms with Gasteiger partial charge in [0.05, 0.1) is 26.3 Å². The number of nitrogens with one attached hydrogen (secondary N) is 1. The fourth-order valence-corrected chi connectivity index (χ4v) is 3.05. The first-order chi connectivity index (χ1) is 12.4. The molecule has 1 aliphatic rings. The number of carbonyl (C=O) groups excluding carboxylic acids is 2. The van der Waals surface area contributed by atoms with E-state index in [1.807, 2.05) is 32.0 Å². The summed E-state index contributed by atoms with van der Waals surface area (Å²) in [4.78, 5) is 26.6. The lowest BCUT2D eigenvalue weighted by molar-refractivity contribution is -0.121. The van der Waals surface area contributed by atoms with E-state index in [4.69, 9.17) is 9.47 Å². The van der Waals surface area contributed by atoms with Gasteiger partial charge in [0.15, 0.2) is 0 Å². The Morgan fingerprint density at radius 3 is 2.50 bits per heavy atom. The van der Waals surface area contributed by atoms with Crippen LogP contribution in [-0.2, 0) is 9.59 Å². The molecule has 1 aliphatic heterocycles. The summed E-state index contributed by atoms with van der Waals surface area (Å²) in [6.07, 6.45) is 0.0986. The lowest BCUT2D eigenvalue weighted by Crippen LogP contribution is -2.35. The second kappa shape index (κ2) is 7.07. The van der Waals surface area contributed by atoms with Gasteiger partial charge in [-0.25, -0.2) is 4.90 Å². The lowest BCUT2D eigenvalue weighted by Gasteiger charge is -2.19. The maximum Gasteiger partial charge on any atom is 0.256 e. The van der Waals surface area contributed by atoms with Crippen LogP contribution in [0.4, 0.5) is 11.4 Å². The number of rotatable bonds is 5. The molecular formula is C20H22N2O4. The Bertz CT molecular complexity index is 863. The molecule has 2 aromatic carbocycles. The van der Waals surface area contributed by atoms with Crippen LogP contribution < -0.4 is 19.7 Å². The van der Waals surface area contributed by atoms with Crippen LogP contribution in [-0.4, -0.2) is 32.1 Å². The van der Waals surface area contributed by atoms with Crippen molar-refractivity contribution in [1.82, 2.24) is 0 Å². The summed E-state index contributed by atoms with van der Waals surface area (Å²) in [5, 5.41) is 3.21. The predicted molar refractivity (Wildman–Crippen MR) is 100.0 cm³/mol. The fraction of sp³-hybridized carbons (Fsp3) is 0.300. The van der Waals surface area contributed by atoms with Gasteiger partial charge in [0.1, 0.15) is 17.5 Å². The Morgan fingerprint density at radius 2 is 1.81 bits per heavy atom. The first-order valence-electron chi connectivity index (χ1n) is 8.37.